The van der Waals surface area contributed by atoms with E-state index in [1.165, 1.54) is 12.8 Å². The Bertz CT molecular complexity index is 740. The van der Waals surface area contributed by atoms with E-state index in [1.807, 2.05) is 24.4 Å². The van der Waals surface area contributed by atoms with Gasteiger partial charge in [0, 0.05) is 24.0 Å². The number of nitrogens with two attached hydrogens (primary N) is 1. The van der Waals surface area contributed by atoms with Crippen LogP contribution in [0.2, 0.25) is 0 Å². The topological polar surface area (TPSA) is 69.6 Å². The number of imidazole rings is 1. The fraction of sp³-hybridized carbons (Fsp3) is 0.214. The predicted octanol–water partition coefficient (Wildman–Crippen LogP) is 2.41. The van der Waals surface area contributed by atoms with Crippen molar-refractivity contribution in [1.82, 2.24) is 19.5 Å². The first-order valence-electron chi connectivity index (χ1n) is 6.38. The van der Waals surface area contributed by atoms with Crippen LogP contribution in [0.5, 0.6) is 0 Å². The third-order valence-electron chi connectivity index (χ3n) is 3.41. The van der Waals surface area contributed by atoms with Crippen molar-refractivity contribution >= 4 is 17.0 Å². The van der Waals surface area contributed by atoms with Crippen LogP contribution in [0.25, 0.3) is 22.6 Å². The lowest BCUT2D eigenvalue weighted by Crippen LogP contribution is -1.99. The highest BCUT2D eigenvalue weighted by atomic mass is 15.2. The molecule has 2 N–H and O–H groups in total. The molecule has 0 saturated heterocycles. The highest BCUT2D eigenvalue weighted by molar-refractivity contribution is 5.77. The number of hydrogen-bond donors (Lipinski definition) is 1. The third-order valence-corrected chi connectivity index (χ3v) is 3.41. The van der Waals surface area contributed by atoms with E-state index in [9.17, 15) is 0 Å². The minimum Gasteiger partial charge on any atom is -0.384 e. The maximum Gasteiger partial charge on any atom is 0.160 e. The zero-order valence-corrected chi connectivity index (χ0v) is 10.3. The van der Waals surface area contributed by atoms with E-state index < -0.39 is 0 Å². The SMILES string of the molecule is Nc1ccc(-c2nc3cccnc3n2C2CC2)cn1. The summed E-state index contributed by atoms with van der Waals surface area (Å²) in [7, 11) is 0. The van der Waals surface area contributed by atoms with Crippen LogP contribution in [0.15, 0.2) is 36.7 Å². The molecule has 1 fully saturated rings. The van der Waals surface area contributed by atoms with Gasteiger partial charge in [0.1, 0.15) is 17.2 Å². The number of pyridine rings is 2. The van der Waals surface area contributed by atoms with Gasteiger partial charge in [-0.05, 0) is 37.1 Å². The summed E-state index contributed by atoms with van der Waals surface area (Å²) in [6.07, 6.45) is 5.97. The summed E-state index contributed by atoms with van der Waals surface area (Å²) in [5.41, 5.74) is 8.51. The van der Waals surface area contributed by atoms with E-state index in [2.05, 4.69) is 14.5 Å². The molecule has 1 aliphatic carbocycles. The molecule has 1 aliphatic rings. The second-order valence-corrected chi connectivity index (χ2v) is 4.85. The summed E-state index contributed by atoms with van der Waals surface area (Å²) in [5.74, 6) is 1.46. The number of fused-ring (bicyclic) bond motifs is 1. The summed E-state index contributed by atoms with van der Waals surface area (Å²) in [4.78, 5) is 13.3. The normalized spacial score (nSPS) is 14.9. The summed E-state index contributed by atoms with van der Waals surface area (Å²) in [5, 5.41) is 0. The van der Waals surface area contributed by atoms with Gasteiger partial charge in [-0.15, -0.1) is 0 Å². The lowest BCUT2D eigenvalue weighted by atomic mass is 10.2. The average molecular weight is 251 g/mol. The fourth-order valence-electron chi connectivity index (χ4n) is 2.35. The van der Waals surface area contributed by atoms with E-state index in [0.717, 1.165) is 22.6 Å². The van der Waals surface area contributed by atoms with Crippen LogP contribution in [0.3, 0.4) is 0 Å². The van der Waals surface area contributed by atoms with Crippen molar-refractivity contribution in [2.24, 2.45) is 0 Å². The molecule has 5 heteroatoms. The zero-order chi connectivity index (χ0) is 12.8. The van der Waals surface area contributed by atoms with Gasteiger partial charge >= 0.3 is 0 Å². The maximum atomic E-state index is 5.64. The number of aromatic nitrogens is 4. The molecule has 0 aromatic carbocycles. The highest BCUT2D eigenvalue weighted by Gasteiger charge is 2.29. The molecule has 0 radical (unpaired) electrons. The highest BCUT2D eigenvalue weighted by Crippen LogP contribution is 2.40. The van der Waals surface area contributed by atoms with Crippen LogP contribution >= 0.6 is 0 Å². The van der Waals surface area contributed by atoms with E-state index in [-0.39, 0.29) is 0 Å². The van der Waals surface area contributed by atoms with E-state index in [1.54, 1.807) is 12.3 Å². The molecule has 4 rings (SSSR count). The van der Waals surface area contributed by atoms with Gasteiger partial charge in [-0.3, -0.25) is 0 Å². The predicted molar refractivity (Wildman–Crippen MR) is 73.4 cm³/mol. The molecule has 0 spiro atoms. The molecular weight excluding hydrogens is 238 g/mol. The maximum absolute atomic E-state index is 5.64. The molecule has 1 saturated carbocycles. The van der Waals surface area contributed by atoms with Crippen molar-refractivity contribution in [3.05, 3.63) is 36.7 Å². The van der Waals surface area contributed by atoms with Crippen LogP contribution in [0, 0.1) is 0 Å². The fourth-order valence-corrected chi connectivity index (χ4v) is 2.35. The lowest BCUT2D eigenvalue weighted by Gasteiger charge is -2.06. The van der Waals surface area contributed by atoms with E-state index >= 15 is 0 Å². The molecule has 0 amide bonds. The van der Waals surface area contributed by atoms with Crippen molar-refractivity contribution in [2.45, 2.75) is 18.9 Å². The second-order valence-electron chi connectivity index (χ2n) is 4.85. The van der Waals surface area contributed by atoms with Crippen LogP contribution in [-0.2, 0) is 0 Å². The number of rotatable bonds is 2. The molecular formula is C14H13N5. The number of anilines is 1. The van der Waals surface area contributed by atoms with Gasteiger partial charge in [0.05, 0.1) is 0 Å². The van der Waals surface area contributed by atoms with Gasteiger partial charge < -0.3 is 10.3 Å². The number of hydrogen-bond acceptors (Lipinski definition) is 4. The molecule has 19 heavy (non-hydrogen) atoms. The van der Waals surface area contributed by atoms with Crippen molar-refractivity contribution in [1.29, 1.82) is 0 Å². The molecule has 0 bridgehead atoms. The largest absolute Gasteiger partial charge is 0.384 e. The Kier molecular flexibility index (Phi) is 2.09. The van der Waals surface area contributed by atoms with Gasteiger partial charge in [0.15, 0.2) is 5.65 Å². The zero-order valence-electron chi connectivity index (χ0n) is 10.3. The Labute approximate surface area is 110 Å². The van der Waals surface area contributed by atoms with Crippen LogP contribution in [-0.4, -0.2) is 19.5 Å². The molecule has 0 unspecified atom stereocenters. The lowest BCUT2D eigenvalue weighted by molar-refractivity contribution is 0.766. The van der Waals surface area contributed by atoms with Crippen molar-refractivity contribution in [3.8, 4) is 11.4 Å². The second kappa shape index (κ2) is 3.78. The molecule has 5 nitrogen and oxygen atoms in total. The van der Waals surface area contributed by atoms with Crippen molar-refractivity contribution in [3.63, 3.8) is 0 Å². The van der Waals surface area contributed by atoms with Crippen molar-refractivity contribution < 1.29 is 0 Å². The summed E-state index contributed by atoms with van der Waals surface area (Å²) in [6.45, 7) is 0. The molecule has 0 aliphatic heterocycles. The van der Waals surface area contributed by atoms with Crippen LogP contribution in [0.4, 0.5) is 5.82 Å². The van der Waals surface area contributed by atoms with Crippen molar-refractivity contribution in [2.75, 3.05) is 5.73 Å². The van der Waals surface area contributed by atoms with Gasteiger partial charge in [-0.2, -0.15) is 0 Å². The van der Waals surface area contributed by atoms with Gasteiger partial charge in [-0.25, -0.2) is 15.0 Å². The molecule has 3 heterocycles. The minimum absolute atomic E-state index is 0.521. The van der Waals surface area contributed by atoms with E-state index in [4.69, 9.17) is 10.7 Å². The van der Waals surface area contributed by atoms with Crippen LogP contribution in [0.1, 0.15) is 18.9 Å². The summed E-state index contributed by atoms with van der Waals surface area (Å²) >= 11 is 0. The molecule has 3 aromatic rings. The van der Waals surface area contributed by atoms with Gasteiger partial charge in [0.25, 0.3) is 0 Å². The van der Waals surface area contributed by atoms with Gasteiger partial charge in [0.2, 0.25) is 0 Å². The summed E-state index contributed by atoms with van der Waals surface area (Å²) in [6, 6.07) is 8.20. The number of nitrogens with zero attached hydrogens (tertiary/aromatic N) is 4. The molecule has 0 atom stereocenters. The Morgan fingerprint density at radius 2 is 2.05 bits per heavy atom. The Balaban J connectivity index is 1.98. The average Bonchev–Trinajstić information content (AvgIpc) is 3.20. The Hall–Kier alpha value is -2.43. The first-order chi connectivity index (χ1) is 9.33. The molecule has 3 aromatic heterocycles. The van der Waals surface area contributed by atoms with Crippen LogP contribution < -0.4 is 5.73 Å². The van der Waals surface area contributed by atoms with E-state index in [0.29, 0.717) is 11.9 Å². The monoisotopic (exact) mass is 251 g/mol. The Morgan fingerprint density at radius 3 is 2.79 bits per heavy atom. The third kappa shape index (κ3) is 1.66. The smallest absolute Gasteiger partial charge is 0.160 e. The summed E-state index contributed by atoms with van der Waals surface area (Å²) < 4.78 is 2.22. The van der Waals surface area contributed by atoms with Gasteiger partial charge in [-0.1, -0.05) is 0 Å². The first kappa shape index (κ1) is 10.5. The number of nitrogen functional groups attached to an aromatic ring is 1. The minimum atomic E-state index is 0.521. The standard InChI is InChI=1S/C14H13N5/c15-12-6-3-9(8-17-12)13-18-11-2-1-7-16-14(11)19(13)10-4-5-10/h1-3,6-8,10H,4-5H2,(H2,15,17). The molecule has 94 valence electrons. The first-order valence-corrected chi connectivity index (χ1v) is 6.38. The Morgan fingerprint density at radius 1 is 1.16 bits per heavy atom. The quantitative estimate of drug-likeness (QED) is 0.759.